The molecule has 0 spiro atoms. The number of hydrogen-bond donors (Lipinski definition) is 2. The molecular formula is C18H32N4OS. The van der Waals surface area contributed by atoms with Gasteiger partial charge in [0.05, 0.1) is 25.8 Å². The lowest BCUT2D eigenvalue weighted by Gasteiger charge is -2.33. The fourth-order valence-electron chi connectivity index (χ4n) is 2.64. The van der Waals surface area contributed by atoms with Gasteiger partial charge >= 0.3 is 0 Å². The number of nitrogens with one attached hydrogen (secondary N) is 2. The molecule has 1 saturated heterocycles. The summed E-state index contributed by atoms with van der Waals surface area (Å²) in [5, 5.41) is 9.04. The van der Waals surface area contributed by atoms with Gasteiger partial charge in [0.15, 0.2) is 5.96 Å². The average Bonchev–Trinajstić information content (AvgIpc) is 3.10. The monoisotopic (exact) mass is 352 g/mol. The molecule has 6 heteroatoms. The average molecular weight is 353 g/mol. The fraction of sp³-hybridized carbons (Fsp3) is 0.722. The van der Waals surface area contributed by atoms with Crippen LogP contribution in [0.4, 0.5) is 0 Å². The topological polar surface area (TPSA) is 48.9 Å². The molecule has 1 aliphatic rings. The molecule has 5 nitrogen and oxygen atoms in total. The van der Waals surface area contributed by atoms with E-state index in [1.165, 1.54) is 4.88 Å². The Morgan fingerprint density at radius 1 is 1.33 bits per heavy atom. The fourth-order valence-corrected chi connectivity index (χ4v) is 3.49. The Hall–Kier alpha value is -1.11. The second-order valence-corrected chi connectivity index (χ2v) is 7.56. The predicted molar refractivity (Wildman–Crippen MR) is 103 cm³/mol. The minimum atomic E-state index is 0.332. The molecule has 24 heavy (non-hydrogen) atoms. The van der Waals surface area contributed by atoms with Gasteiger partial charge < -0.3 is 15.4 Å². The van der Waals surface area contributed by atoms with E-state index < -0.39 is 0 Å². The van der Waals surface area contributed by atoms with Crippen molar-refractivity contribution in [2.45, 2.75) is 39.8 Å². The van der Waals surface area contributed by atoms with Crippen LogP contribution >= 0.6 is 11.3 Å². The zero-order valence-corrected chi connectivity index (χ0v) is 16.2. The maximum Gasteiger partial charge on any atom is 0.191 e. The number of nitrogens with zero attached hydrogens (tertiary/aromatic N) is 2. The molecule has 2 atom stereocenters. The highest BCUT2D eigenvalue weighted by Gasteiger charge is 2.23. The molecule has 0 amide bonds. The van der Waals surface area contributed by atoms with Gasteiger partial charge in [-0.25, -0.2) is 0 Å². The summed E-state index contributed by atoms with van der Waals surface area (Å²) in [4.78, 5) is 8.76. The van der Waals surface area contributed by atoms with Crippen molar-refractivity contribution in [3.8, 4) is 0 Å². The number of guanidine groups is 1. The van der Waals surface area contributed by atoms with E-state index in [4.69, 9.17) is 9.73 Å². The molecule has 2 heterocycles. The van der Waals surface area contributed by atoms with E-state index in [9.17, 15) is 0 Å². The van der Waals surface area contributed by atoms with Gasteiger partial charge in [0, 0.05) is 30.6 Å². The first-order valence-corrected chi connectivity index (χ1v) is 9.89. The van der Waals surface area contributed by atoms with Gasteiger partial charge in [0.1, 0.15) is 0 Å². The van der Waals surface area contributed by atoms with Crippen LogP contribution in [0.5, 0.6) is 0 Å². The van der Waals surface area contributed by atoms with Crippen LogP contribution < -0.4 is 10.6 Å². The summed E-state index contributed by atoms with van der Waals surface area (Å²) in [7, 11) is 0. The number of morpholine rings is 1. The minimum Gasteiger partial charge on any atom is -0.379 e. The molecule has 1 aliphatic heterocycles. The summed E-state index contributed by atoms with van der Waals surface area (Å²) < 4.78 is 5.51. The lowest BCUT2D eigenvalue weighted by molar-refractivity contribution is 0.0186. The standard InChI is InChI=1S/C18H32N4OS/c1-5-19-18(21-15(4)14(2)3)20-13-16(17-7-6-12-24-17)22-8-10-23-11-9-22/h6-7,12,14-16H,5,8-11,13H2,1-4H3,(H2,19,20,21). The van der Waals surface area contributed by atoms with Crippen LogP contribution in [0.3, 0.4) is 0 Å². The number of aliphatic imine (C=N–C) groups is 1. The van der Waals surface area contributed by atoms with Crippen LogP contribution in [0, 0.1) is 5.92 Å². The molecular weight excluding hydrogens is 320 g/mol. The summed E-state index contributed by atoms with van der Waals surface area (Å²) in [6, 6.07) is 5.07. The molecule has 0 aliphatic carbocycles. The zero-order valence-electron chi connectivity index (χ0n) is 15.4. The lowest BCUT2D eigenvalue weighted by atomic mass is 10.1. The Kier molecular flexibility index (Phi) is 8.02. The molecule has 0 radical (unpaired) electrons. The third-order valence-corrected chi connectivity index (χ3v) is 5.46. The number of rotatable bonds is 7. The van der Waals surface area contributed by atoms with Crippen LogP contribution in [0.2, 0.25) is 0 Å². The molecule has 2 rings (SSSR count). The van der Waals surface area contributed by atoms with Crippen molar-refractivity contribution in [1.82, 2.24) is 15.5 Å². The molecule has 1 aromatic rings. The van der Waals surface area contributed by atoms with Crippen LogP contribution in [0.15, 0.2) is 22.5 Å². The van der Waals surface area contributed by atoms with E-state index in [1.54, 1.807) is 0 Å². The van der Waals surface area contributed by atoms with E-state index in [-0.39, 0.29) is 0 Å². The van der Waals surface area contributed by atoms with Crippen LogP contribution in [-0.2, 0) is 4.74 Å². The maximum atomic E-state index is 5.51. The quantitative estimate of drug-likeness (QED) is 0.585. The Morgan fingerprint density at radius 3 is 2.67 bits per heavy atom. The summed E-state index contributed by atoms with van der Waals surface area (Å²) in [6.45, 7) is 14.0. The van der Waals surface area contributed by atoms with Crippen LogP contribution in [0.1, 0.15) is 38.6 Å². The van der Waals surface area contributed by atoms with Gasteiger partial charge in [-0.1, -0.05) is 19.9 Å². The van der Waals surface area contributed by atoms with Crippen molar-refractivity contribution in [3.05, 3.63) is 22.4 Å². The summed E-state index contributed by atoms with van der Waals surface area (Å²) in [6.07, 6.45) is 0. The molecule has 0 saturated carbocycles. The number of hydrogen-bond acceptors (Lipinski definition) is 4. The highest BCUT2D eigenvalue weighted by atomic mass is 32.1. The Bertz CT molecular complexity index is 483. The van der Waals surface area contributed by atoms with Gasteiger partial charge in [-0.05, 0) is 31.2 Å². The van der Waals surface area contributed by atoms with E-state index in [1.807, 2.05) is 11.3 Å². The first-order chi connectivity index (χ1) is 11.6. The minimum absolute atomic E-state index is 0.332. The smallest absolute Gasteiger partial charge is 0.191 e. The van der Waals surface area contributed by atoms with Crippen molar-refractivity contribution in [2.75, 3.05) is 39.4 Å². The maximum absolute atomic E-state index is 5.51. The molecule has 2 unspecified atom stereocenters. The lowest BCUT2D eigenvalue weighted by Crippen LogP contribution is -2.45. The van der Waals surface area contributed by atoms with E-state index in [0.29, 0.717) is 18.0 Å². The van der Waals surface area contributed by atoms with E-state index >= 15 is 0 Å². The second-order valence-electron chi connectivity index (χ2n) is 6.58. The summed E-state index contributed by atoms with van der Waals surface area (Å²) in [5.74, 6) is 1.48. The van der Waals surface area contributed by atoms with E-state index in [0.717, 1.165) is 45.4 Å². The number of ether oxygens (including phenoxy) is 1. The molecule has 1 fully saturated rings. The highest BCUT2D eigenvalue weighted by molar-refractivity contribution is 7.10. The molecule has 1 aromatic heterocycles. The third-order valence-electron chi connectivity index (χ3n) is 4.49. The van der Waals surface area contributed by atoms with E-state index in [2.05, 4.69) is 60.7 Å². The molecule has 0 aromatic carbocycles. The van der Waals surface area contributed by atoms with Gasteiger partial charge in [-0.2, -0.15) is 0 Å². The van der Waals surface area contributed by atoms with Crippen molar-refractivity contribution >= 4 is 17.3 Å². The van der Waals surface area contributed by atoms with Gasteiger partial charge in [-0.3, -0.25) is 9.89 Å². The highest BCUT2D eigenvalue weighted by Crippen LogP contribution is 2.26. The molecule has 136 valence electrons. The second kappa shape index (κ2) is 10.0. The Balaban J connectivity index is 2.08. The van der Waals surface area contributed by atoms with Crippen molar-refractivity contribution in [1.29, 1.82) is 0 Å². The summed E-state index contributed by atoms with van der Waals surface area (Å²) >= 11 is 1.82. The van der Waals surface area contributed by atoms with Gasteiger partial charge in [-0.15, -0.1) is 11.3 Å². The molecule has 2 N–H and O–H groups in total. The largest absolute Gasteiger partial charge is 0.379 e. The first kappa shape index (κ1) is 19.2. The Labute approximate surface area is 150 Å². The van der Waals surface area contributed by atoms with Crippen LogP contribution in [-0.4, -0.2) is 56.3 Å². The van der Waals surface area contributed by atoms with Gasteiger partial charge in [0.25, 0.3) is 0 Å². The normalized spacial score (nSPS) is 19.3. The van der Waals surface area contributed by atoms with Crippen molar-refractivity contribution in [2.24, 2.45) is 10.9 Å². The summed E-state index contributed by atoms with van der Waals surface area (Å²) in [5.41, 5.74) is 0. The van der Waals surface area contributed by atoms with Crippen molar-refractivity contribution < 1.29 is 4.74 Å². The van der Waals surface area contributed by atoms with Crippen LogP contribution in [0.25, 0.3) is 0 Å². The predicted octanol–water partition coefficient (Wildman–Crippen LogP) is 2.72. The molecule has 0 bridgehead atoms. The first-order valence-electron chi connectivity index (χ1n) is 9.01. The SMILES string of the molecule is CCNC(=NCC(c1cccs1)N1CCOCC1)NC(C)C(C)C. The Morgan fingerprint density at radius 2 is 2.08 bits per heavy atom. The van der Waals surface area contributed by atoms with Crippen molar-refractivity contribution in [3.63, 3.8) is 0 Å². The third kappa shape index (κ3) is 5.76. The number of thiophene rings is 1. The zero-order chi connectivity index (χ0) is 17.4. The van der Waals surface area contributed by atoms with Gasteiger partial charge in [0.2, 0.25) is 0 Å².